The highest BCUT2D eigenvalue weighted by molar-refractivity contribution is 6.33. The van der Waals surface area contributed by atoms with Crippen LogP contribution in [0.4, 0.5) is 5.69 Å². The first kappa shape index (κ1) is 11.9. The number of nitrogens with one attached hydrogen (secondary N) is 1. The lowest BCUT2D eigenvalue weighted by molar-refractivity contribution is 0.838. The standard InChI is InChI=1S/C14H15ClN2/c1-10-6-5-7-12(15)14(10)17-11(2)13-8-3-4-9-16-13/h3-9,11,17H,1-2H3. The summed E-state index contributed by atoms with van der Waals surface area (Å²) in [4.78, 5) is 4.33. The van der Waals surface area contributed by atoms with Crippen LogP contribution in [0.1, 0.15) is 24.2 Å². The molecule has 1 unspecified atom stereocenters. The van der Waals surface area contributed by atoms with Crippen molar-refractivity contribution in [3.63, 3.8) is 0 Å². The topological polar surface area (TPSA) is 24.9 Å². The Morgan fingerprint density at radius 3 is 2.65 bits per heavy atom. The summed E-state index contributed by atoms with van der Waals surface area (Å²) in [6.45, 7) is 4.12. The van der Waals surface area contributed by atoms with Crippen molar-refractivity contribution in [2.45, 2.75) is 19.9 Å². The zero-order valence-corrected chi connectivity index (χ0v) is 10.7. The molecule has 2 rings (SSSR count). The largest absolute Gasteiger partial charge is 0.376 e. The molecule has 2 aromatic rings. The van der Waals surface area contributed by atoms with Crippen LogP contribution < -0.4 is 5.32 Å². The minimum Gasteiger partial charge on any atom is -0.376 e. The Hall–Kier alpha value is -1.54. The van der Waals surface area contributed by atoms with E-state index in [1.54, 1.807) is 6.20 Å². The lowest BCUT2D eigenvalue weighted by Gasteiger charge is -2.17. The Labute approximate surface area is 107 Å². The van der Waals surface area contributed by atoms with Crippen molar-refractivity contribution in [3.8, 4) is 0 Å². The molecule has 0 saturated heterocycles. The molecule has 0 spiro atoms. The number of aromatic nitrogens is 1. The van der Waals surface area contributed by atoms with Crippen molar-refractivity contribution in [1.82, 2.24) is 4.98 Å². The van der Waals surface area contributed by atoms with Crippen molar-refractivity contribution in [2.75, 3.05) is 5.32 Å². The molecular weight excluding hydrogens is 232 g/mol. The van der Waals surface area contributed by atoms with Crippen LogP contribution in [-0.4, -0.2) is 4.98 Å². The number of hydrogen-bond acceptors (Lipinski definition) is 2. The van der Waals surface area contributed by atoms with Gasteiger partial charge in [-0.05, 0) is 37.6 Å². The quantitative estimate of drug-likeness (QED) is 0.877. The second-order valence-corrected chi connectivity index (χ2v) is 4.46. The van der Waals surface area contributed by atoms with E-state index in [0.29, 0.717) is 0 Å². The molecule has 0 aliphatic rings. The molecule has 1 atom stereocenters. The molecular formula is C14H15ClN2. The summed E-state index contributed by atoms with van der Waals surface area (Å²) in [5.41, 5.74) is 3.12. The molecule has 17 heavy (non-hydrogen) atoms. The molecule has 0 radical (unpaired) electrons. The van der Waals surface area contributed by atoms with Crippen LogP contribution in [-0.2, 0) is 0 Å². The number of hydrogen-bond donors (Lipinski definition) is 1. The van der Waals surface area contributed by atoms with Crippen molar-refractivity contribution in [2.24, 2.45) is 0 Å². The zero-order chi connectivity index (χ0) is 12.3. The van der Waals surface area contributed by atoms with Crippen LogP contribution in [0, 0.1) is 6.92 Å². The first-order valence-electron chi connectivity index (χ1n) is 5.61. The Morgan fingerprint density at radius 2 is 2.00 bits per heavy atom. The van der Waals surface area contributed by atoms with Crippen LogP contribution >= 0.6 is 11.6 Å². The van der Waals surface area contributed by atoms with Gasteiger partial charge in [-0.1, -0.05) is 29.8 Å². The Morgan fingerprint density at radius 1 is 1.18 bits per heavy atom. The first-order valence-corrected chi connectivity index (χ1v) is 5.99. The summed E-state index contributed by atoms with van der Waals surface area (Å²) in [5, 5.41) is 4.14. The number of nitrogens with zero attached hydrogens (tertiary/aromatic N) is 1. The molecule has 0 aliphatic heterocycles. The predicted octanol–water partition coefficient (Wildman–Crippen LogP) is 4.22. The molecule has 1 heterocycles. The summed E-state index contributed by atoms with van der Waals surface area (Å²) in [6, 6.07) is 11.9. The Kier molecular flexibility index (Phi) is 3.64. The monoisotopic (exact) mass is 246 g/mol. The average Bonchev–Trinajstić information content (AvgIpc) is 2.35. The second-order valence-electron chi connectivity index (χ2n) is 4.05. The molecule has 0 bridgehead atoms. The fourth-order valence-electron chi connectivity index (χ4n) is 1.74. The van der Waals surface area contributed by atoms with E-state index in [4.69, 9.17) is 11.6 Å². The average molecular weight is 247 g/mol. The van der Waals surface area contributed by atoms with Gasteiger partial charge in [0.25, 0.3) is 0 Å². The summed E-state index contributed by atoms with van der Waals surface area (Å²) in [6.07, 6.45) is 1.80. The number of para-hydroxylation sites is 1. The third-order valence-corrected chi connectivity index (χ3v) is 3.03. The van der Waals surface area contributed by atoms with E-state index in [0.717, 1.165) is 22.0 Å². The van der Waals surface area contributed by atoms with E-state index in [1.807, 2.05) is 43.3 Å². The van der Waals surface area contributed by atoms with Gasteiger partial charge >= 0.3 is 0 Å². The summed E-state index contributed by atoms with van der Waals surface area (Å²) < 4.78 is 0. The Balaban J connectivity index is 2.22. The Bertz CT molecular complexity index is 477. The zero-order valence-electron chi connectivity index (χ0n) is 9.94. The van der Waals surface area contributed by atoms with E-state index in [2.05, 4.69) is 17.2 Å². The summed E-state index contributed by atoms with van der Waals surface area (Å²) >= 11 is 6.18. The fourth-order valence-corrected chi connectivity index (χ4v) is 2.01. The van der Waals surface area contributed by atoms with Crippen LogP contribution in [0.5, 0.6) is 0 Å². The van der Waals surface area contributed by atoms with Gasteiger partial charge in [-0.2, -0.15) is 0 Å². The van der Waals surface area contributed by atoms with Crippen LogP contribution in [0.3, 0.4) is 0 Å². The third kappa shape index (κ3) is 2.77. The van der Waals surface area contributed by atoms with Gasteiger partial charge in [0.1, 0.15) is 0 Å². The molecule has 2 nitrogen and oxygen atoms in total. The number of halogens is 1. The minimum absolute atomic E-state index is 0.134. The van der Waals surface area contributed by atoms with E-state index < -0.39 is 0 Å². The van der Waals surface area contributed by atoms with Gasteiger partial charge in [0.15, 0.2) is 0 Å². The minimum atomic E-state index is 0.134. The number of aryl methyl sites for hydroxylation is 1. The normalized spacial score (nSPS) is 12.2. The van der Waals surface area contributed by atoms with Crippen LogP contribution in [0.15, 0.2) is 42.6 Å². The van der Waals surface area contributed by atoms with Crippen LogP contribution in [0.2, 0.25) is 5.02 Å². The van der Waals surface area contributed by atoms with Gasteiger partial charge in [-0.3, -0.25) is 4.98 Å². The van der Waals surface area contributed by atoms with Crippen molar-refractivity contribution >= 4 is 17.3 Å². The molecule has 0 saturated carbocycles. The predicted molar refractivity (Wildman–Crippen MR) is 72.5 cm³/mol. The van der Waals surface area contributed by atoms with Gasteiger partial charge in [0.05, 0.1) is 22.4 Å². The van der Waals surface area contributed by atoms with Crippen molar-refractivity contribution in [1.29, 1.82) is 0 Å². The van der Waals surface area contributed by atoms with Crippen molar-refractivity contribution in [3.05, 3.63) is 58.9 Å². The van der Waals surface area contributed by atoms with Crippen LogP contribution in [0.25, 0.3) is 0 Å². The number of anilines is 1. The highest BCUT2D eigenvalue weighted by atomic mass is 35.5. The van der Waals surface area contributed by atoms with Gasteiger partial charge in [0, 0.05) is 6.20 Å². The van der Waals surface area contributed by atoms with E-state index in [-0.39, 0.29) is 6.04 Å². The smallest absolute Gasteiger partial charge is 0.0657 e. The SMILES string of the molecule is Cc1cccc(Cl)c1NC(C)c1ccccn1. The molecule has 0 amide bonds. The van der Waals surface area contributed by atoms with Gasteiger partial charge in [-0.15, -0.1) is 0 Å². The number of pyridine rings is 1. The lowest BCUT2D eigenvalue weighted by atomic mass is 10.1. The molecule has 1 aromatic heterocycles. The van der Waals surface area contributed by atoms with Gasteiger partial charge in [0.2, 0.25) is 0 Å². The highest BCUT2D eigenvalue weighted by Gasteiger charge is 2.09. The molecule has 0 aliphatic carbocycles. The van der Waals surface area contributed by atoms with E-state index in [1.165, 1.54) is 0 Å². The molecule has 0 fully saturated rings. The molecule has 3 heteroatoms. The van der Waals surface area contributed by atoms with Gasteiger partial charge in [-0.25, -0.2) is 0 Å². The molecule has 1 N–H and O–H groups in total. The summed E-state index contributed by atoms with van der Waals surface area (Å²) in [7, 11) is 0. The number of benzene rings is 1. The molecule has 88 valence electrons. The van der Waals surface area contributed by atoms with E-state index in [9.17, 15) is 0 Å². The molecule has 1 aromatic carbocycles. The summed E-state index contributed by atoms with van der Waals surface area (Å²) in [5.74, 6) is 0. The first-order chi connectivity index (χ1) is 8.18. The maximum absolute atomic E-state index is 6.18. The number of rotatable bonds is 3. The third-order valence-electron chi connectivity index (χ3n) is 2.71. The van der Waals surface area contributed by atoms with Crippen molar-refractivity contribution < 1.29 is 0 Å². The van der Waals surface area contributed by atoms with Gasteiger partial charge < -0.3 is 5.32 Å². The lowest BCUT2D eigenvalue weighted by Crippen LogP contribution is -2.09. The maximum Gasteiger partial charge on any atom is 0.0657 e. The maximum atomic E-state index is 6.18. The highest BCUT2D eigenvalue weighted by Crippen LogP contribution is 2.28. The second kappa shape index (κ2) is 5.19. The van der Waals surface area contributed by atoms with E-state index >= 15 is 0 Å². The fraction of sp³-hybridized carbons (Fsp3) is 0.214.